The smallest absolute Gasteiger partial charge is 0.0682 e. The Balaban J connectivity index is 2.15. The van der Waals surface area contributed by atoms with Gasteiger partial charge in [0.2, 0.25) is 0 Å². The third-order valence-electron chi connectivity index (χ3n) is 2.62. The summed E-state index contributed by atoms with van der Waals surface area (Å²) >= 11 is 0. The Hall–Kier alpha value is -2.12. The first kappa shape index (κ1) is 12.3. The molecular weight excluding hydrogens is 220 g/mol. The Morgan fingerprint density at radius 3 is 1.94 bits per heavy atom. The Kier molecular flexibility index (Phi) is 4.51. The summed E-state index contributed by atoms with van der Waals surface area (Å²) in [6, 6.07) is 20.1. The van der Waals surface area contributed by atoms with E-state index in [9.17, 15) is 5.11 Å². The van der Waals surface area contributed by atoms with Crippen LogP contribution in [0.2, 0.25) is 0 Å². The number of aliphatic hydroxyl groups is 1. The highest BCUT2D eigenvalue weighted by Gasteiger charge is 1.92. The molecule has 2 rings (SSSR count). The lowest BCUT2D eigenvalue weighted by Gasteiger charge is -1.98. The van der Waals surface area contributed by atoms with Crippen LogP contribution < -0.4 is 0 Å². The van der Waals surface area contributed by atoms with Gasteiger partial charge in [0.05, 0.1) is 6.61 Å². The Morgan fingerprint density at radius 1 is 0.833 bits per heavy atom. The predicted octanol–water partition coefficient (Wildman–Crippen LogP) is 3.78. The number of benzene rings is 2. The van der Waals surface area contributed by atoms with Gasteiger partial charge in [0, 0.05) is 0 Å². The SMILES string of the molecule is OCC(C=Cc1ccccc1)=Cc1ccccc1. The van der Waals surface area contributed by atoms with Crippen LogP contribution >= 0.6 is 0 Å². The molecule has 0 aliphatic rings. The molecule has 0 aliphatic heterocycles. The fourth-order valence-electron chi connectivity index (χ4n) is 1.68. The fraction of sp³-hybridized carbons (Fsp3) is 0.0588. The summed E-state index contributed by atoms with van der Waals surface area (Å²) in [4.78, 5) is 0. The van der Waals surface area contributed by atoms with E-state index in [1.165, 1.54) is 0 Å². The van der Waals surface area contributed by atoms with Crippen LogP contribution in [0, 0.1) is 0 Å². The van der Waals surface area contributed by atoms with Gasteiger partial charge in [-0.1, -0.05) is 72.8 Å². The fourth-order valence-corrected chi connectivity index (χ4v) is 1.68. The molecule has 0 saturated carbocycles. The zero-order chi connectivity index (χ0) is 12.6. The van der Waals surface area contributed by atoms with Crippen molar-refractivity contribution in [3.63, 3.8) is 0 Å². The first-order chi connectivity index (χ1) is 8.88. The molecular formula is C17H16O. The predicted molar refractivity (Wildman–Crippen MR) is 77.0 cm³/mol. The van der Waals surface area contributed by atoms with Gasteiger partial charge < -0.3 is 5.11 Å². The average molecular weight is 236 g/mol. The van der Waals surface area contributed by atoms with Gasteiger partial charge in [0.25, 0.3) is 0 Å². The highest BCUT2D eigenvalue weighted by Crippen LogP contribution is 2.09. The molecule has 1 nitrogen and oxygen atoms in total. The summed E-state index contributed by atoms with van der Waals surface area (Å²) in [5, 5.41) is 9.35. The highest BCUT2D eigenvalue weighted by molar-refractivity contribution is 5.61. The highest BCUT2D eigenvalue weighted by atomic mass is 16.3. The second-order valence-electron chi connectivity index (χ2n) is 4.03. The molecule has 90 valence electrons. The Labute approximate surface area is 108 Å². The van der Waals surface area contributed by atoms with Gasteiger partial charge in [0.1, 0.15) is 0 Å². The average Bonchev–Trinajstić information content (AvgIpc) is 2.45. The molecule has 18 heavy (non-hydrogen) atoms. The van der Waals surface area contributed by atoms with Crippen molar-refractivity contribution >= 4 is 12.2 Å². The molecule has 0 bridgehead atoms. The van der Waals surface area contributed by atoms with E-state index in [1.807, 2.05) is 78.9 Å². The topological polar surface area (TPSA) is 20.2 Å². The van der Waals surface area contributed by atoms with E-state index in [4.69, 9.17) is 0 Å². The standard InChI is InChI=1S/C17H16O/c18-14-17(13-16-9-5-2-6-10-16)12-11-15-7-3-1-4-8-15/h1-13,18H,14H2. The van der Waals surface area contributed by atoms with Crippen molar-refractivity contribution in [3.05, 3.63) is 83.4 Å². The molecule has 0 aromatic heterocycles. The van der Waals surface area contributed by atoms with Crippen molar-refractivity contribution in [3.8, 4) is 0 Å². The van der Waals surface area contributed by atoms with Crippen LogP contribution in [0.5, 0.6) is 0 Å². The van der Waals surface area contributed by atoms with Crippen LogP contribution in [0.3, 0.4) is 0 Å². The molecule has 0 saturated heterocycles. The van der Waals surface area contributed by atoms with Crippen LogP contribution in [-0.2, 0) is 0 Å². The third kappa shape index (κ3) is 3.72. The summed E-state index contributed by atoms with van der Waals surface area (Å²) in [5.41, 5.74) is 3.12. The van der Waals surface area contributed by atoms with Crippen LogP contribution in [0.1, 0.15) is 11.1 Å². The minimum Gasteiger partial charge on any atom is -0.392 e. The van der Waals surface area contributed by atoms with Crippen molar-refractivity contribution in [1.82, 2.24) is 0 Å². The summed E-state index contributed by atoms with van der Waals surface area (Å²) in [7, 11) is 0. The maximum Gasteiger partial charge on any atom is 0.0682 e. The van der Waals surface area contributed by atoms with Crippen molar-refractivity contribution in [2.75, 3.05) is 6.61 Å². The molecule has 0 radical (unpaired) electrons. The second-order valence-corrected chi connectivity index (χ2v) is 4.03. The van der Waals surface area contributed by atoms with Gasteiger partial charge in [-0.3, -0.25) is 0 Å². The van der Waals surface area contributed by atoms with E-state index < -0.39 is 0 Å². The molecule has 0 atom stereocenters. The largest absolute Gasteiger partial charge is 0.392 e. The van der Waals surface area contributed by atoms with Crippen molar-refractivity contribution in [1.29, 1.82) is 0 Å². The van der Waals surface area contributed by atoms with Gasteiger partial charge in [-0.15, -0.1) is 0 Å². The van der Waals surface area contributed by atoms with Crippen LogP contribution in [-0.4, -0.2) is 11.7 Å². The first-order valence-electron chi connectivity index (χ1n) is 5.98. The summed E-state index contributed by atoms with van der Waals surface area (Å²) in [6.45, 7) is 0.0399. The lowest BCUT2D eigenvalue weighted by Crippen LogP contribution is -1.86. The summed E-state index contributed by atoms with van der Waals surface area (Å²) < 4.78 is 0. The van der Waals surface area contributed by atoms with Gasteiger partial charge in [-0.2, -0.15) is 0 Å². The molecule has 0 fully saturated rings. The van der Waals surface area contributed by atoms with Crippen LogP contribution in [0.4, 0.5) is 0 Å². The van der Waals surface area contributed by atoms with Gasteiger partial charge in [-0.25, -0.2) is 0 Å². The minimum absolute atomic E-state index is 0.0399. The van der Waals surface area contributed by atoms with E-state index in [0.29, 0.717) is 0 Å². The van der Waals surface area contributed by atoms with E-state index in [1.54, 1.807) is 0 Å². The first-order valence-corrected chi connectivity index (χ1v) is 5.98. The summed E-state index contributed by atoms with van der Waals surface area (Å²) in [6.07, 6.45) is 5.94. The third-order valence-corrected chi connectivity index (χ3v) is 2.62. The molecule has 0 heterocycles. The van der Waals surface area contributed by atoms with E-state index >= 15 is 0 Å². The molecule has 2 aromatic rings. The van der Waals surface area contributed by atoms with Gasteiger partial charge >= 0.3 is 0 Å². The van der Waals surface area contributed by atoms with E-state index in [-0.39, 0.29) is 6.61 Å². The number of hydrogen-bond acceptors (Lipinski definition) is 1. The van der Waals surface area contributed by atoms with Crippen LogP contribution in [0.15, 0.2) is 72.3 Å². The van der Waals surface area contributed by atoms with E-state index in [2.05, 4.69) is 0 Å². The van der Waals surface area contributed by atoms with Gasteiger partial charge in [-0.05, 0) is 22.8 Å². The molecule has 1 N–H and O–H groups in total. The molecule has 0 aliphatic carbocycles. The lowest BCUT2D eigenvalue weighted by atomic mass is 10.1. The normalized spacial score (nSPS) is 11.9. The van der Waals surface area contributed by atoms with E-state index in [0.717, 1.165) is 16.7 Å². The molecule has 0 spiro atoms. The van der Waals surface area contributed by atoms with Crippen molar-refractivity contribution in [2.45, 2.75) is 0 Å². The lowest BCUT2D eigenvalue weighted by molar-refractivity contribution is 0.336. The van der Waals surface area contributed by atoms with Crippen molar-refractivity contribution < 1.29 is 5.11 Å². The quantitative estimate of drug-likeness (QED) is 0.801. The number of aliphatic hydroxyl groups excluding tert-OH is 1. The maximum atomic E-state index is 9.35. The number of rotatable bonds is 4. The zero-order valence-electron chi connectivity index (χ0n) is 10.2. The second kappa shape index (κ2) is 6.58. The Bertz CT molecular complexity index is 524. The molecule has 0 unspecified atom stereocenters. The molecule has 0 amide bonds. The Morgan fingerprint density at radius 2 is 1.39 bits per heavy atom. The van der Waals surface area contributed by atoms with Gasteiger partial charge in [0.15, 0.2) is 0 Å². The van der Waals surface area contributed by atoms with Crippen molar-refractivity contribution in [2.24, 2.45) is 0 Å². The molecule has 1 heteroatoms. The summed E-state index contributed by atoms with van der Waals surface area (Å²) in [5.74, 6) is 0. The maximum absolute atomic E-state index is 9.35. The number of hydrogen-bond donors (Lipinski definition) is 1. The monoisotopic (exact) mass is 236 g/mol. The molecule has 2 aromatic carbocycles. The zero-order valence-corrected chi connectivity index (χ0v) is 10.2. The van der Waals surface area contributed by atoms with Crippen LogP contribution in [0.25, 0.3) is 12.2 Å². The minimum atomic E-state index is 0.0399.